The Morgan fingerprint density at radius 1 is 0.933 bits per heavy atom. The Morgan fingerprint density at radius 3 is 1.60 bits per heavy atom. The number of carbonyl (C=O) groups is 3. The van der Waals surface area contributed by atoms with Crippen LogP contribution in [0.1, 0.15) is 25.7 Å². The quantitative estimate of drug-likeness (QED) is 0.589. The van der Waals surface area contributed by atoms with Gasteiger partial charge in [-0.1, -0.05) is 0 Å². The zero-order chi connectivity index (χ0) is 11.6. The van der Waals surface area contributed by atoms with Crippen LogP contribution in [0.2, 0.25) is 0 Å². The first-order valence-corrected chi connectivity index (χ1v) is 4.60. The van der Waals surface area contributed by atoms with Crippen LogP contribution >= 0.6 is 0 Å². The monoisotopic (exact) mass is 216 g/mol. The van der Waals surface area contributed by atoms with Gasteiger partial charge in [-0.25, -0.2) is 0 Å². The summed E-state index contributed by atoms with van der Waals surface area (Å²) in [7, 11) is 0. The zero-order valence-electron chi connectivity index (χ0n) is 7.97. The largest absolute Gasteiger partial charge is 0.481 e. The van der Waals surface area contributed by atoms with Gasteiger partial charge in [0.1, 0.15) is 0 Å². The number of carboxylic acids is 3. The van der Waals surface area contributed by atoms with E-state index in [2.05, 4.69) is 0 Å². The van der Waals surface area contributed by atoms with Gasteiger partial charge in [-0.2, -0.15) is 0 Å². The Morgan fingerprint density at radius 2 is 1.33 bits per heavy atom. The van der Waals surface area contributed by atoms with Gasteiger partial charge in [-0.15, -0.1) is 0 Å². The highest BCUT2D eigenvalue weighted by atomic mass is 16.4. The van der Waals surface area contributed by atoms with Gasteiger partial charge in [0.25, 0.3) is 0 Å². The minimum Gasteiger partial charge on any atom is -0.481 e. The molecule has 0 atom stereocenters. The summed E-state index contributed by atoms with van der Waals surface area (Å²) in [6.07, 6.45) is -0.0227. The van der Waals surface area contributed by atoms with E-state index in [-0.39, 0.29) is 25.7 Å². The van der Waals surface area contributed by atoms with E-state index in [4.69, 9.17) is 15.3 Å². The molecular formula is C9H12O6. The lowest BCUT2D eigenvalue weighted by Gasteiger charge is -2.31. The predicted octanol–water partition coefficient (Wildman–Crippen LogP) is 0.417. The fraction of sp³-hybridized carbons (Fsp3) is 0.667. The molecular weight excluding hydrogens is 204 g/mol. The summed E-state index contributed by atoms with van der Waals surface area (Å²) in [4.78, 5) is 32.3. The third-order valence-corrected chi connectivity index (χ3v) is 3.01. The van der Waals surface area contributed by atoms with Crippen LogP contribution in [0.3, 0.4) is 0 Å². The molecule has 1 saturated carbocycles. The van der Waals surface area contributed by atoms with Crippen molar-refractivity contribution < 1.29 is 29.7 Å². The molecule has 1 aliphatic carbocycles. The van der Waals surface area contributed by atoms with Crippen molar-refractivity contribution in [3.63, 3.8) is 0 Å². The maximum Gasteiger partial charge on any atom is 0.321 e. The van der Waals surface area contributed by atoms with Gasteiger partial charge < -0.3 is 15.3 Å². The van der Waals surface area contributed by atoms with Gasteiger partial charge in [-0.3, -0.25) is 14.4 Å². The van der Waals surface area contributed by atoms with Crippen LogP contribution in [0.15, 0.2) is 0 Å². The Labute approximate surface area is 85.5 Å². The minimum atomic E-state index is -1.79. The molecule has 0 aromatic rings. The number of rotatable bonds is 3. The summed E-state index contributed by atoms with van der Waals surface area (Å²) in [6.45, 7) is 0. The van der Waals surface area contributed by atoms with Gasteiger partial charge in [-0.05, 0) is 25.7 Å². The van der Waals surface area contributed by atoms with Gasteiger partial charge >= 0.3 is 17.9 Å². The number of carboxylic acid groups (broad SMARTS) is 3. The first kappa shape index (κ1) is 11.5. The molecule has 1 rings (SSSR count). The summed E-state index contributed by atoms with van der Waals surface area (Å²) in [5, 5.41) is 26.4. The van der Waals surface area contributed by atoms with Crippen molar-refractivity contribution >= 4 is 17.9 Å². The third-order valence-electron chi connectivity index (χ3n) is 3.01. The van der Waals surface area contributed by atoms with Gasteiger partial charge in [0.05, 0.1) is 5.92 Å². The van der Waals surface area contributed by atoms with Crippen LogP contribution in [-0.2, 0) is 14.4 Å². The van der Waals surface area contributed by atoms with Crippen LogP contribution < -0.4 is 0 Å². The van der Waals surface area contributed by atoms with Crippen LogP contribution in [0.5, 0.6) is 0 Å². The summed E-state index contributed by atoms with van der Waals surface area (Å²) >= 11 is 0. The SMILES string of the molecule is O=C(O)C1CCC(C(=O)O)(C(=O)O)CC1. The van der Waals surface area contributed by atoms with Crippen LogP contribution in [0, 0.1) is 11.3 Å². The molecule has 84 valence electrons. The summed E-state index contributed by atoms with van der Waals surface area (Å²) in [6, 6.07) is 0. The molecule has 0 aromatic heterocycles. The van der Waals surface area contributed by atoms with Crippen molar-refractivity contribution in [2.45, 2.75) is 25.7 Å². The van der Waals surface area contributed by atoms with Crippen molar-refractivity contribution in [1.82, 2.24) is 0 Å². The van der Waals surface area contributed by atoms with Crippen molar-refractivity contribution in [1.29, 1.82) is 0 Å². The second kappa shape index (κ2) is 3.88. The lowest BCUT2D eigenvalue weighted by molar-refractivity contribution is -0.169. The number of hydrogen-bond donors (Lipinski definition) is 3. The molecule has 0 aromatic carbocycles. The standard InChI is InChI=1S/C9H12O6/c10-6(11)5-1-3-9(4-2-5,7(12)13)8(14)15/h5H,1-4H2,(H,10,11)(H,12,13)(H,14,15). The van der Waals surface area contributed by atoms with Gasteiger partial charge in [0, 0.05) is 0 Å². The molecule has 6 heteroatoms. The smallest absolute Gasteiger partial charge is 0.321 e. The molecule has 0 amide bonds. The predicted molar refractivity (Wildman–Crippen MR) is 47.3 cm³/mol. The molecule has 0 spiro atoms. The van der Waals surface area contributed by atoms with E-state index in [1.165, 1.54) is 0 Å². The molecule has 3 N–H and O–H groups in total. The topological polar surface area (TPSA) is 112 Å². The average molecular weight is 216 g/mol. The van der Waals surface area contributed by atoms with Crippen molar-refractivity contribution in [3.8, 4) is 0 Å². The highest BCUT2D eigenvalue weighted by Crippen LogP contribution is 2.39. The Balaban J connectivity index is 2.79. The van der Waals surface area contributed by atoms with Crippen molar-refractivity contribution in [3.05, 3.63) is 0 Å². The van der Waals surface area contributed by atoms with E-state index < -0.39 is 29.2 Å². The van der Waals surface area contributed by atoms with E-state index in [0.717, 1.165) is 0 Å². The molecule has 0 unspecified atom stereocenters. The van der Waals surface area contributed by atoms with E-state index in [1.54, 1.807) is 0 Å². The summed E-state index contributed by atoms with van der Waals surface area (Å²) < 4.78 is 0. The second-order valence-corrected chi connectivity index (χ2v) is 3.80. The van der Waals surface area contributed by atoms with E-state index in [1.807, 2.05) is 0 Å². The van der Waals surface area contributed by atoms with E-state index in [0.29, 0.717) is 0 Å². The molecule has 1 aliphatic rings. The Bertz CT molecular complexity index is 284. The van der Waals surface area contributed by atoms with Crippen LogP contribution in [0.4, 0.5) is 0 Å². The average Bonchev–Trinajstić information content (AvgIpc) is 2.17. The van der Waals surface area contributed by atoms with Crippen LogP contribution in [0.25, 0.3) is 0 Å². The highest BCUT2D eigenvalue weighted by molar-refractivity contribution is 5.98. The molecule has 0 radical (unpaired) electrons. The molecule has 0 aliphatic heterocycles. The molecule has 0 bridgehead atoms. The normalized spacial score (nSPS) is 20.8. The van der Waals surface area contributed by atoms with Gasteiger partial charge in [0.15, 0.2) is 5.41 Å². The highest BCUT2D eigenvalue weighted by Gasteiger charge is 2.49. The van der Waals surface area contributed by atoms with E-state index >= 15 is 0 Å². The molecule has 1 fully saturated rings. The molecule has 0 heterocycles. The number of hydrogen-bond acceptors (Lipinski definition) is 3. The number of aliphatic carboxylic acids is 3. The molecule has 0 saturated heterocycles. The molecule has 15 heavy (non-hydrogen) atoms. The van der Waals surface area contributed by atoms with Crippen LogP contribution in [-0.4, -0.2) is 33.2 Å². The molecule has 6 nitrogen and oxygen atoms in total. The van der Waals surface area contributed by atoms with E-state index in [9.17, 15) is 14.4 Å². The minimum absolute atomic E-state index is 0.105. The van der Waals surface area contributed by atoms with Gasteiger partial charge in [0.2, 0.25) is 0 Å². The zero-order valence-corrected chi connectivity index (χ0v) is 7.97. The van der Waals surface area contributed by atoms with Crippen molar-refractivity contribution in [2.75, 3.05) is 0 Å². The fourth-order valence-corrected chi connectivity index (χ4v) is 1.88. The maximum absolute atomic E-state index is 10.9. The second-order valence-electron chi connectivity index (χ2n) is 3.80. The first-order valence-electron chi connectivity index (χ1n) is 4.60. The lowest BCUT2D eigenvalue weighted by Crippen LogP contribution is -2.43. The summed E-state index contributed by atoms with van der Waals surface area (Å²) in [5.74, 6) is -4.35. The van der Waals surface area contributed by atoms with Crippen molar-refractivity contribution in [2.24, 2.45) is 11.3 Å². The Hall–Kier alpha value is -1.59. The maximum atomic E-state index is 10.9. The fourth-order valence-electron chi connectivity index (χ4n) is 1.88. The first-order chi connectivity index (χ1) is 6.90. The Kier molecular flexibility index (Phi) is 2.97. The third kappa shape index (κ3) is 1.93. The lowest BCUT2D eigenvalue weighted by atomic mass is 9.70. The summed E-state index contributed by atoms with van der Waals surface area (Å²) in [5.41, 5.74) is -1.79.